The van der Waals surface area contributed by atoms with Gasteiger partial charge in [-0.05, 0) is 12.1 Å². The highest BCUT2D eigenvalue weighted by molar-refractivity contribution is 7.87. The van der Waals surface area contributed by atoms with Gasteiger partial charge in [-0.1, -0.05) is 0 Å². The molecule has 2 rings (SSSR count). The first-order valence-electron chi connectivity index (χ1n) is 4.77. The van der Waals surface area contributed by atoms with Crippen LogP contribution < -0.4 is 4.90 Å². The van der Waals surface area contributed by atoms with Crippen LogP contribution in [0.4, 0.5) is 9.70 Å². The lowest BCUT2D eigenvalue weighted by Crippen LogP contribution is -2.27. The molecule has 92 valence electrons. The highest BCUT2D eigenvalue weighted by atomic mass is 32.3. The summed E-state index contributed by atoms with van der Waals surface area (Å²) in [7, 11) is -4.76. The zero-order valence-corrected chi connectivity index (χ0v) is 9.39. The van der Waals surface area contributed by atoms with Gasteiger partial charge in [-0.25, -0.2) is 4.98 Å². The van der Waals surface area contributed by atoms with Crippen molar-refractivity contribution >= 4 is 21.9 Å². The van der Waals surface area contributed by atoms with E-state index in [2.05, 4.69) is 4.98 Å². The smallest absolute Gasteiger partial charge is 0.307 e. The van der Waals surface area contributed by atoms with Crippen molar-refractivity contribution in [3.63, 3.8) is 0 Å². The van der Waals surface area contributed by atoms with Gasteiger partial charge in [0.1, 0.15) is 5.25 Å². The molecule has 1 unspecified atom stereocenters. The predicted octanol–water partition coefficient (Wildman–Crippen LogP) is 0.192. The highest BCUT2D eigenvalue weighted by Crippen LogP contribution is 2.29. The lowest BCUT2D eigenvalue weighted by atomic mass is 10.4. The molecule has 0 bridgehead atoms. The summed E-state index contributed by atoms with van der Waals surface area (Å²) in [5, 5.41) is 8.09. The van der Waals surface area contributed by atoms with Crippen LogP contribution in [-0.2, 0) is 15.0 Å². The second-order valence-electron chi connectivity index (χ2n) is 3.65. The van der Waals surface area contributed by atoms with Crippen LogP contribution in [0.3, 0.4) is 0 Å². The van der Waals surface area contributed by atoms with E-state index >= 15 is 0 Å². The lowest BCUT2D eigenvalue weighted by molar-refractivity contribution is -0.117. The molecule has 0 aromatic carbocycles. The Labute approximate surface area is 96.9 Å². The minimum Gasteiger partial charge on any atom is -0.504 e. The van der Waals surface area contributed by atoms with Crippen LogP contribution in [0.15, 0.2) is 18.3 Å². The van der Waals surface area contributed by atoms with E-state index in [0.29, 0.717) is 0 Å². The van der Waals surface area contributed by atoms with Crippen LogP contribution in [-0.4, -0.2) is 36.2 Å². The number of aromatic hydroxyl groups is 1. The van der Waals surface area contributed by atoms with Crippen molar-refractivity contribution in [1.29, 1.82) is 0 Å². The molecule has 1 aromatic heterocycles. The molecule has 1 fully saturated rings. The van der Waals surface area contributed by atoms with Crippen molar-refractivity contribution < 1.29 is 22.2 Å². The summed E-state index contributed by atoms with van der Waals surface area (Å²) < 4.78 is 34.2. The molecule has 1 amide bonds. The number of nitrogens with zero attached hydrogens (tertiary/aromatic N) is 2. The van der Waals surface area contributed by atoms with Gasteiger partial charge in [0.05, 0.1) is 0 Å². The van der Waals surface area contributed by atoms with E-state index < -0.39 is 27.8 Å². The van der Waals surface area contributed by atoms with E-state index in [1.165, 1.54) is 18.3 Å². The molecule has 17 heavy (non-hydrogen) atoms. The molecular weight excluding hydrogens is 251 g/mol. The van der Waals surface area contributed by atoms with Crippen LogP contribution in [0.25, 0.3) is 0 Å². The number of carbonyl (C=O) groups is 1. The third-order valence-corrected chi connectivity index (χ3v) is 3.62. The maximum absolute atomic E-state index is 12.8. The molecule has 0 saturated carbocycles. The Balaban J connectivity index is 2.31. The van der Waals surface area contributed by atoms with Crippen molar-refractivity contribution in [3.05, 3.63) is 18.3 Å². The van der Waals surface area contributed by atoms with E-state index in [-0.39, 0.29) is 18.1 Å². The molecule has 1 saturated heterocycles. The number of hydrogen-bond acceptors (Lipinski definition) is 5. The molecule has 2 heterocycles. The molecule has 6 nitrogen and oxygen atoms in total. The second-order valence-corrected chi connectivity index (χ2v) is 5.27. The molecule has 0 aliphatic carbocycles. The third-order valence-electron chi connectivity index (χ3n) is 2.51. The summed E-state index contributed by atoms with van der Waals surface area (Å²) in [4.78, 5) is 16.3. The van der Waals surface area contributed by atoms with Gasteiger partial charge in [-0.3, -0.25) is 9.69 Å². The van der Waals surface area contributed by atoms with E-state index in [0.717, 1.165) is 4.90 Å². The molecule has 1 aromatic rings. The number of pyridine rings is 1. The van der Waals surface area contributed by atoms with Crippen molar-refractivity contribution in [1.82, 2.24) is 4.98 Å². The average Bonchev–Trinajstić information content (AvgIpc) is 2.61. The molecular formula is C9H9FN2O4S. The van der Waals surface area contributed by atoms with Crippen LogP contribution >= 0.6 is 0 Å². The number of anilines is 1. The Morgan fingerprint density at radius 3 is 2.76 bits per heavy atom. The number of hydrogen-bond donors (Lipinski definition) is 1. The van der Waals surface area contributed by atoms with Gasteiger partial charge in [-0.2, -0.15) is 8.42 Å². The summed E-state index contributed by atoms with van der Waals surface area (Å²) >= 11 is 0. The first kappa shape index (κ1) is 11.8. The molecule has 1 aliphatic rings. The van der Waals surface area contributed by atoms with E-state index in [4.69, 9.17) is 0 Å². The van der Waals surface area contributed by atoms with Crippen LogP contribution in [0, 0.1) is 0 Å². The Morgan fingerprint density at radius 1 is 1.53 bits per heavy atom. The van der Waals surface area contributed by atoms with Gasteiger partial charge in [0, 0.05) is 19.2 Å². The molecule has 0 spiro atoms. The minimum atomic E-state index is -4.76. The molecule has 1 aliphatic heterocycles. The first-order chi connectivity index (χ1) is 7.89. The van der Waals surface area contributed by atoms with E-state index in [9.17, 15) is 22.2 Å². The SMILES string of the molecule is O=C1CC(S(=O)(=O)F)CN1c1ncccc1O. The van der Waals surface area contributed by atoms with Gasteiger partial charge < -0.3 is 5.11 Å². The fraction of sp³-hybridized carbons (Fsp3) is 0.333. The van der Waals surface area contributed by atoms with Gasteiger partial charge in [0.2, 0.25) is 5.91 Å². The number of aromatic nitrogens is 1. The Kier molecular flexibility index (Phi) is 2.74. The summed E-state index contributed by atoms with van der Waals surface area (Å²) in [5.41, 5.74) is 0. The standard InChI is InChI=1S/C9H9FN2O4S/c10-17(15,16)6-4-8(14)12(5-6)9-7(13)2-1-3-11-9/h1-3,6,13H,4-5H2. The number of amides is 1. The largest absolute Gasteiger partial charge is 0.504 e. The number of halogens is 1. The molecule has 1 N–H and O–H groups in total. The first-order valence-corrected chi connectivity index (χ1v) is 6.22. The van der Waals surface area contributed by atoms with Gasteiger partial charge >= 0.3 is 10.2 Å². The van der Waals surface area contributed by atoms with Crippen LogP contribution in [0.5, 0.6) is 5.75 Å². The summed E-state index contributed by atoms with van der Waals surface area (Å²) in [6.45, 7) is -0.331. The lowest BCUT2D eigenvalue weighted by Gasteiger charge is -2.15. The number of carbonyl (C=O) groups excluding carboxylic acids is 1. The fourth-order valence-electron chi connectivity index (χ4n) is 1.66. The monoisotopic (exact) mass is 260 g/mol. The van der Waals surface area contributed by atoms with Crippen molar-refractivity contribution in [3.8, 4) is 5.75 Å². The number of rotatable bonds is 2. The van der Waals surface area contributed by atoms with E-state index in [1.807, 2.05) is 0 Å². The Hall–Kier alpha value is -1.70. The zero-order valence-electron chi connectivity index (χ0n) is 8.58. The topological polar surface area (TPSA) is 87.6 Å². The van der Waals surface area contributed by atoms with Gasteiger partial charge in [0.25, 0.3) is 0 Å². The van der Waals surface area contributed by atoms with Crippen LogP contribution in [0.2, 0.25) is 0 Å². The minimum absolute atomic E-state index is 0.0522. The van der Waals surface area contributed by atoms with Gasteiger partial charge in [-0.15, -0.1) is 3.89 Å². The van der Waals surface area contributed by atoms with E-state index in [1.54, 1.807) is 0 Å². The van der Waals surface area contributed by atoms with Crippen LogP contribution in [0.1, 0.15) is 6.42 Å². The third kappa shape index (κ3) is 2.21. The summed E-state index contributed by atoms with van der Waals surface area (Å²) in [6, 6.07) is 2.77. The normalized spacial score (nSPS) is 20.9. The predicted molar refractivity (Wildman–Crippen MR) is 56.7 cm³/mol. The maximum Gasteiger partial charge on any atom is 0.307 e. The molecule has 8 heteroatoms. The van der Waals surface area contributed by atoms with Crippen molar-refractivity contribution in [2.45, 2.75) is 11.7 Å². The van der Waals surface area contributed by atoms with Crippen molar-refractivity contribution in [2.75, 3.05) is 11.4 Å². The Morgan fingerprint density at radius 2 is 2.24 bits per heavy atom. The quantitative estimate of drug-likeness (QED) is 0.767. The average molecular weight is 260 g/mol. The zero-order chi connectivity index (χ0) is 12.6. The second kappa shape index (κ2) is 3.95. The van der Waals surface area contributed by atoms with Gasteiger partial charge in [0.15, 0.2) is 11.6 Å². The summed E-state index contributed by atoms with van der Waals surface area (Å²) in [6.07, 6.45) is 0.911. The maximum atomic E-state index is 12.8. The van der Waals surface area contributed by atoms with Crippen molar-refractivity contribution in [2.24, 2.45) is 0 Å². The highest BCUT2D eigenvalue weighted by Gasteiger charge is 2.40. The molecule has 0 radical (unpaired) electrons. The molecule has 1 atom stereocenters. The summed E-state index contributed by atoms with van der Waals surface area (Å²) in [5.74, 6) is -0.883. The Bertz CT molecular complexity index is 560. The fourth-order valence-corrected chi connectivity index (χ4v) is 2.33.